The first-order valence-corrected chi connectivity index (χ1v) is 7.37. The monoisotopic (exact) mass is 273 g/mol. The molecule has 1 fully saturated rings. The number of nitrogens with two attached hydrogens (primary N) is 1. The summed E-state index contributed by atoms with van der Waals surface area (Å²) >= 11 is 0. The van der Waals surface area contributed by atoms with Crippen LogP contribution in [0.5, 0.6) is 0 Å². The van der Waals surface area contributed by atoms with E-state index in [0.29, 0.717) is 19.1 Å². The minimum absolute atomic E-state index is 0.0283. The molecule has 18 heavy (non-hydrogen) atoms. The van der Waals surface area contributed by atoms with Crippen LogP contribution in [0.4, 0.5) is 5.82 Å². The fourth-order valence-corrected chi connectivity index (χ4v) is 2.95. The van der Waals surface area contributed by atoms with Crippen molar-refractivity contribution in [2.24, 2.45) is 7.05 Å². The fourth-order valence-electron chi connectivity index (χ4n) is 1.82. The highest BCUT2D eigenvalue weighted by atomic mass is 32.2. The van der Waals surface area contributed by atoms with Crippen LogP contribution in [0.25, 0.3) is 0 Å². The lowest BCUT2D eigenvalue weighted by Crippen LogP contribution is -2.34. The van der Waals surface area contributed by atoms with Gasteiger partial charge < -0.3 is 10.6 Å². The first-order valence-electron chi connectivity index (χ1n) is 5.89. The molecule has 102 valence electrons. The number of hydrogen-bond acceptors (Lipinski definition) is 5. The molecule has 1 aromatic rings. The van der Waals surface area contributed by atoms with Crippen LogP contribution in [-0.4, -0.2) is 49.3 Å². The van der Waals surface area contributed by atoms with Crippen LogP contribution >= 0.6 is 0 Å². The van der Waals surface area contributed by atoms with Crippen molar-refractivity contribution in [1.29, 1.82) is 0 Å². The van der Waals surface area contributed by atoms with Gasteiger partial charge in [0.25, 0.3) is 0 Å². The zero-order chi connectivity index (χ0) is 13.3. The Morgan fingerprint density at radius 2 is 2.28 bits per heavy atom. The maximum atomic E-state index is 12.0. The van der Waals surface area contributed by atoms with E-state index in [4.69, 9.17) is 5.73 Å². The summed E-state index contributed by atoms with van der Waals surface area (Å²) in [5, 5.41) is 3.82. The van der Waals surface area contributed by atoms with Gasteiger partial charge in [-0.3, -0.25) is 4.68 Å². The number of nitrogens with zero attached hydrogens (tertiary/aromatic N) is 3. The van der Waals surface area contributed by atoms with E-state index in [1.807, 2.05) is 7.05 Å². The Hall–Kier alpha value is -1.12. The second kappa shape index (κ2) is 4.87. The lowest BCUT2D eigenvalue weighted by molar-refractivity contribution is 0.329. The molecule has 0 unspecified atom stereocenters. The van der Waals surface area contributed by atoms with Gasteiger partial charge in [0.1, 0.15) is 4.90 Å². The van der Waals surface area contributed by atoms with Gasteiger partial charge in [-0.25, -0.2) is 13.1 Å². The molecule has 0 bridgehead atoms. The standard InChI is InChI=1S/C10H19N5O2S/c1-14(8-3-4-8)6-5-12-18(16,17)9-7-15(2)13-10(9)11/h7-8,12H,3-6H2,1-2H3,(H2,11,13). The molecule has 3 N–H and O–H groups in total. The molecule has 7 nitrogen and oxygen atoms in total. The minimum atomic E-state index is -3.56. The predicted molar refractivity (Wildman–Crippen MR) is 68.5 cm³/mol. The van der Waals surface area contributed by atoms with E-state index in [-0.39, 0.29) is 10.7 Å². The molecule has 2 rings (SSSR count). The lowest BCUT2D eigenvalue weighted by Gasteiger charge is -2.15. The second-order valence-corrected chi connectivity index (χ2v) is 6.40. The Morgan fingerprint density at radius 3 is 2.78 bits per heavy atom. The smallest absolute Gasteiger partial charge is 0.245 e. The van der Waals surface area contributed by atoms with Crippen LogP contribution in [0.3, 0.4) is 0 Å². The third-order valence-corrected chi connectivity index (χ3v) is 4.52. The van der Waals surface area contributed by atoms with Gasteiger partial charge in [-0.1, -0.05) is 0 Å². The van der Waals surface area contributed by atoms with E-state index >= 15 is 0 Å². The molecule has 0 aromatic carbocycles. The van der Waals surface area contributed by atoms with Gasteiger partial charge in [0.2, 0.25) is 10.0 Å². The number of hydrogen-bond donors (Lipinski definition) is 2. The highest BCUT2D eigenvalue weighted by Crippen LogP contribution is 2.24. The quantitative estimate of drug-likeness (QED) is 0.720. The second-order valence-electron chi connectivity index (χ2n) is 4.66. The lowest BCUT2D eigenvalue weighted by atomic mass is 10.5. The molecule has 1 heterocycles. The number of sulfonamides is 1. The molecule has 0 amide bonds. The first kappa shape index (κ1) is 13.3. The number of nitrogen functional groups attached to an aromatic ring is 1. The van der Waals surface area contributed by atoms with Crippen molar-refractivity contribution in [2.75, 3.05) is 25.9 Å². The number of aryl methyl sites for hydroxylation is 1. The number of anilines is 1. The summed E-state index contributed by atoms with van der Waals surface area (Å²) in [5.41, 5.74) is 5.56. The van der Waals surface area contributed by atoms with E-state index in [1.165, 1.54) is 23.7 Å². The SMILES string of the molecule is CN(CCNS(=O)(=O)c1cn(C)nc1N)C1CC1. The van der Waals surface area contributed by atoms with Crippen LogP contribution in [0.1, 0.15) is 12.8 Å². The van der Waals surface area contributed by atoms with Crippen molar-refractivity contribution in [3.8, 4) is 0 Å². The summed E-state index contributed by atoms with van der Waals surface area (Å²) < 4.78 is 27.9. The van der Waals surface area contributed by atoms with Gasteiger partial charge in [-0.2, -0.15) is 5.10 Å². The Balaban J connectivity index is 1.92. The average Bonchev–Trinajstić information content (AvgIpc) is 3.04. The number of likely N-dealkylation sites (N-methyl/N-ethyl adjacent to an activating group) is 1. The molecule has 1 aliphatic carbocycles. The molecule has 0 aliphatic heterocycles. The fraction of sp³-hybridized carbons (Fsp3) is 0.700. The van der Waals surface area contributed by atoms with Gasteiger partial charge in [-0.15, -0.1) is 0 Å². The summed E-state index contributed by atoms with van der Waals surface area (Å²) in [6.07, 6.45) is 3.82. The van der Waals surface area contributed by atoms with E-state index in [2.05, 4.69) is 14.7 Å². The maximum absolute atomic E-state index is 12.0. The van der Waals surface area contributed by atoms with Crippen molar-refractivity contribution >= 4 is 15.8 Å². The molecule has 1 aliphatic rings. The van der Waals surface area contributed by atoms with Gasteiger partial charge in [-0.05, 0) is 19.9 Å². The van der Waals surface area contributed by atoms with Crippen LogP contribution in [-0.2, 0) is 17.1 Å². The summed E-state index contributed by atoms with van der Waals surface area (Å²) in [5.74, 6) is 0.0283. The van der Waals surface area contributed by atoms with Crippen LogP contribution in [0, 0.1) is 0 Å². The molecular formula is C10H19N5O2S. The van der Waals surface area contributed by atoms with Crippen molar-refractivity contribution < 1.29 is 8.42 Å². The third-order valence-electron chi connectivity index (χ3n) is 3.04. The molecule has 1 saturated carbocycles. The van der Waals surface area contributed by atoms with Gasteiger partial charge in [0.05, 0.1) is 0 Å². The number of aromatic nitrogens is 2. The van der Waals surface area contributed by atoms with Crippen LogP contribution < -0.4 is 10.5 Å². The Kier molecular flexibility index (Phi) is 3.60. The van der Waals surface area contributed by atoms with Gasteiger partial charge >= 0.3 is 0 Å². The zero-order valence-corrected chi connectivity index (χ0v) is 11.4. The summed E-state index contributed by atoms with van der Waals surface area (Å²) in [7, 11) is 0.0835. The van der Waals surface area contributed by atoms with Crippen LogP contribution in [0.2, 0.25) is 0 Å². The number of rotatable bonds is 6. The molecule has 1 aromatic heterocycles. The maximum Gasteiger partial charge on any atom is 0.245 e. The Labute approximate surface area is 107 Å². The Morgan fingerprint density at radius 1 is 1.61 bits per heavy atom. The zero-order valence-electron chi connectivity index (χ0n) is 10.6. The van der Waals surface area contributed by atoms with Crippen molar-refractivity contribution in [3.63, 3.8) is 0 Å². The summed E-state index contributed by atoms with van der Waals surface area (Å²) in [4.78, 5) is 2.20. The molecule has 0 radical (unpaired) electrons. The first-order chi connectivity index (χ1) is 8.40. The summed E-state index contributed by atoms with van der Waals surface area (Å²) in [6, 6.07) is 0.623. The van der Waals surface area contributed by atoms with Crippen molar-refractivity contribution in [1.82, 2.24) is 19.4 Å². The van der Waals surface area contributed by atoms with Crippen molar-refractivity contribution in [3.05, 3.63) is 6.20 Å². The largest absolute Gasteiger partial charge is 0.381 e. The molecule has 0 spiro atoms. The predicted octanol–water partition coefficient (Wildman–Crippen LogP) is -0.625. The Bertz CT molecular complexity index is 520. The highest BCUT2D eigenvalue weighted by Gasteiger charge is 2.26. The van der Waals surface area contributed by atoms with Gasteiger partial charge in [0.15, 0.2) is 5.82 Å². The van der Waals surface area contributed by atoms with Crippen LogP contribution in [0.15, 0.2) is 11.1 Å². The highest BCUT2D eigenvalue weighted by molar-refractivity contribution is 7.89. The molecular weight excluding hydrogens is 254 g/mol. The average molecular weight is 273 g/mol. The normalized spacial score (nSPS) is 16.4. The molecule has 0 saturated heterocycles. The third kappa shape index (κ3) is 3.01. The van der Waals surface area contributed by atoms with Crippen molar-refractivity contribution in [2.45, 2.75) is 23.8 Å². The van der Waals surface area contributed by atoms with E-state index in [9.17, 15) is 8.42 Å². The minimum Gasteiger partial charge on any atom is -0.381 e. The van der Waals surface area contributed by atoms with E-state index in [0.717, 1.165) is 0 Å². The van der Waals surface area contributed by atoms with E-state index < -0.39 is 10.0 Å². The van der Waals surface area contributed by atoms with Gasteiger partial charge in [0, 0.05) is 32.4 Å². The number of nitrogens with one attached hydrogen (secondary N) is 1. The van der Waals surface area contributed by atoms with E-state index in [1.54, 1.807) is 7.05 Å². The molecule has 0 atom stereocenters. The molecule has 8 heteroatoms. The topological polar surface area (TPSA) is 93.2 Å². The summed E-state index contributed by atoms with van der Waals surface area (Å²) in [6.45, 7) is 1.08.